The van der Waals surface area contributed by atoms with Crippen LogP contribution in [0.5, 0.6) is 5.75 Å². The Balaban J connectivity index is 2.24. The molecule has 0 spiro atoms. The lowest BCUT2D eigenvalue weighted by atomic mass is 10.1. The van der Waals surface area contributed by atoms with Crippen molar-refractivity contribution in [3.63, 3.8) is 0 Å². The van der Waals surface area contributed by atoms with E-state index in [4.69, 9.17) is 4.74 Å². The quantitative estimate of drug-likeness (QED) is 0.798. The zero-order chi connectivity index (χ0) is 15.0. The van der Waals surface area contributed by atoms with Crippen LogP contribution in [-0.2, 0) is 0 Å². The molecule has 6 heteroatoms. The topological polar surface area (TPSA) is 77.2 Å². The lowest BCUT2D eigenvalue weighted by Crippen LogP contribution is -2.00. The second kappa shape index (κ2) is 4.90. The van der Waals surface area contributed by atoms with E-state index in [-0.39, 0.29) is 5.56 Å². The molecule has 0 aliphatic rings. The minimum absolute atomic E-state index is 0.206. The van der Waals surface area contributed by atoms with Crippen molar-refractivity contribution in [3.05, 3.63) is 47.8 Å². The first-order valence-corrected chi connectivity index (χ1v) is 6.34. The van der Waals surface area contributed by atoms with Gasteiger partial charge in [-0.3, -0.25) is 0 Å². The highest BCUT2D eigenvalue weighted by Crippen LogP contribution is 2.24. The molecular formula is C15H13N3O3. The summed E-state index contributed by atoms with van der Waals surface area (Å²) in [4.78, 5) is 15.6. The molecular weight excluding hydrogens is 270 g/mol. The molecule has 0 aliphatic carbocycles. The van der Waals surface area contributed by atoms with Crippen LogP contribution in [0.15, 0.2) is 36.5 Å². The van der Waals surface area contributed by atoms with Gasteiger partial charge in [0.2, 0.25) is 0 Å². The van der Waals surface area contributed by atoms with Gasteiger partial charge in [0.15, 0.2) is 5.65 Å². The highest BCUT2D eigenvalue weighted by atomic mass is 16.5. The highest BCUT2D eigenvalue weighted by Gasteiger charge is 2.17. The molecule has 0 unspecified atom stereocenters. The maximum Gasteiger partial charge on any atom is 0.336 e. The van der Waals surface area contributed by atoms with Gasteiger partial charge < -0.3 is 9.84 Å². The average Bonchev–Trinajstić information content (AvgIpc) is 2.84. The Morgan fingerprint density at radius 3 is 2.57 bits per heavy atom. The summed E-state index contributed by atoms with van der Waals surface area (Å²) >= 11 is 0. The van der Waals surface area contributed by atoms with Gasteiger partial charge in [-0.15, -0.1) is 0 Å². The minimum Gasteiger partial charge on any atom is -0.497 e. The summed E-state index contributed by atoms with van der Waals surface area (Å²) < 4.78 is 6.76. The fraction of sp³-hybridized carbons (Fsp3) is 0.133. The molecule has 6 nitrogen and oxygen atoms in total. The van der Waals surface area contributed by atoms with Crippen LogP contribution >= 0.6 is 0 Å². The lowest BCUT2D eigenvalue weighted by Gasteiger charge is -2.04. The highest BCUT2D eigenvalue weighted by molar-refractivity contribution is 6.02. The Hall–Kier alpha value is -2.89. The molecule has 2 aromatic heterocycles. The molecule has 0 saturated carbocycles. The maximum absolute atomic E-state index is 11.3. The molecule has 0 radical (unpaired) electrons. The molecule has 3 aromatic rings. The normalized spacial score (nSPS) is 10.8. The van der Waals surface area contributed by atoms with Gasteiger partial charge in [-0.05, 0) is 37.3 Å². The summed E-state index contributed by atoms with van der Waals surface area (Å²) in [6.45, 7) is 1.77. The molecule has 0 fully saturated rings. The molecule has 0 atom stereocenters. The summed E-state index contributed by atoms with van der Waals surface area (Å²) in [5.74, 6) is -0.245. The van der Waals surface area contributed by atoms with E-state index in [0.29, 0.717) is 16.7 Å². The molecule has 3 rings (SSSR count). The number of carboxylic acids is 1. The SMILES string of the molecule is COc1ccc(-n2nc(C)c3c(C(=O)O)ccnc32)cc1. The van der Waals surface area contributed by atoms with Crippen molar-refractivity contribution < 1.29 is 14.6 Å². The van der Waals surface area contributed by atoms with E-state index in [1.807, 2.05) is 24.3 Å². The fourth-order valence-corrected chi connectivity index (χ4v) is 2.30. The van der Waals surface area contributed by atoms with Gasteiger partial charge in [-0.2, -0.15) is 5.10 Å². The largest absolute Gasteiger partial charge is 0.497 e. The van der Waals surface area contributed by atoms with Crippen LogP contribution in [0.2, 0.25) is 0 Å². The minimum atomic E-state index is -0.986. The van der Waals surface area contributed by atoms with E-state index in [2.05, 4.69) is 10.1 Å². The van der Waals surface area contributed by atoms with Crippen molar-refractivity contribution in [2.45, 2.75) is 6.92 Å². The number of hydrogen-bond acceptors (Lipinski definition) is 4. The standard InChI is InChI=1S/C15H13N3O3/c1-9-13-12(15(19)20)7-8-16-14(13)18(17-9)10-3-5-11(21-2)6-4-10/h3-8H,1-2H3,(H,19,20). The van der Waals surface area contributed by atoms with Crippen molar-refractivity contribution in [2.75, 3.05) is 7.11 Å². The average molecular weight is 283 g/mol. The van der Waals surface area contributed by atoms with Gasteiger partial charge >= 0.3 is 5.97 Å². The first-order chi connectivity index (χ1) is 10.1. The number of aromatic carboxylic acids is 1. The number of benzene rings is 1. The third-order valence-corrected chi connectivity index (χ3v) is 3.29. The number of rotatable bonds is 3. The lowest BCUT2D eigenvalue weighted by molar-refractivity contribution is 0.0699. The number of pyridine rings is 1. The Morgan fingerprint density at radius 2 is 1.95 bits per heavy atom. The summed E-state index contributed by atoms with van der Waals surface area (Å²) in [6, 6.07) is 8.82. The summed E-state index contributed by atoms with van der Waals surface area (Å²) in [6.07, 6.45) is 1.48. The van der Waals surface area contributed by atoms with Gasteiger partial charge in [0.25, 0.3) is 0 Å². The van der Waals surface area contributed by atoms with Gasteiger partial charge in [-0.25, -0.2) is 14.5 Å². The second-order valence-corrected chi connectivity index (χ2v) is 4.56. The van der Waals surface area contributed by atoms with Crippen molar-refractivity contribution >= 4 is 17.0 Å². The van der Waals surface area contributed by atoms with Crippen LogP contribution in [-0.4, -0.2) is 33.0 Å². The van der Waals surface area contributed by atoms with Crippen LogP contribution in [0.3, 0.4) is 0 Å². The van der Waals surface area contributed by atoms with Gasteiger partial charge in [0.05, 0.1) is 29.4 Å². The summed E-state index contributed by atoms with van der Waals surface area (Å²) in [7, 11) is 1.60. The second-order valence-electron chi connectivity index (χ2n) is 4.56. The molecule has 1 aromatic carbocycles. The number of hydrogen-bond donors (Lipinski definition) is 1. The Kier molecular flexibility index (Phi) is 3.06. The molecule has 0 saturated heterocycles. The zero-order valence-electron chi connectivity index (χ0n) is 11.6. The van der Waals surface area contributed by atoms with Gasteiger partial charge in [-0.1, -0.05) is 0 Å². The first kappa shape index (κ1) is 13.1. The van der Waals surface area contributed by atoms with Crippen molar-refractivity contribution in [3.8, 4) is 11.4 Å². The van der Waals surface area contributed by atoms with Crippen LogP contribution in [0.4, 0.5) is 0 Å². The number of fused-ring (bicyclic) bond motifs is 1. The Bertz CT molecular complexity index is 822. The molecule has 0 bridgehead atoms. The molecule has 21 heavy (non-hydrogen) atoms. The third-order valence-electron chi connectivity index (χ3n) is 3.29. The number of aromatic nitrogens is 3. The van der Waals surface area contributed by atoms with Gasteiger partial charge in [0.1, 0.15) is 5.75 Å². The monoisotopic (exact) mass is 283 g/mol. The number of carbonyl (C=O) groups is 1. The number of ether oxygens (including phenoxy) is 1. The van der Waals surface area contributed by atoms with E-state index in [0.717, 1.165) is 11.4 Å². The van der Waals surface area contributed by atoms with Crippen LogP contribution in [0.1, 0.15) is 16.1 Å². The zero-order valence-corrected chi connectivity index (χ0v) is 11.6. The van der Waals surface area contributed by atoms with Crippen molar-refractivity contribution in [1.29, 1.82) is 0 Å². The van der Waals surface area contributed by atoms with Crippen LogP contribution < -0.4 is 4.74 Å². The van der Waals surface area contributed by atoms with E-state index < -0.39 is 5.97 Å². The van der Waals surface area contributed by atoms with Crippen LogP contribution in [0.25, 0.3) is 16.7 Å². The summed E-state index contributed by atoms with van der Waals surface area (Å²) in [5.41, 5.74) is 2.16. The predicted octanol–water partition coefficient (Wildman–Crippen LogP) is 2.44. The number of aryl methyl sites for hydroxylation is 1. The molecule has 106 valence electrons. The molecule has 0 amide bonds. The summed E-state index contributed by atoms with van der Waals surface area (Å²) in [5, 5.41) is 14.2. The van der Waals surface area contributed by atoms with E-state index in [1.54, 1.807) is 18.7 Å². The Morgan fingerprint density at radius 1 is 1.24 bits per heavy atom. The number of carboxylic acid groups (broad SMARTS) is 1. The molecule has 0 aliphatic heterocycles. The Labute approximate surface area is 120 Å². The van der Waals surface area contributed by atoms with Crippen molar-refractivity contribution in [1.82, 2.24) is 14.8 Å². The maximum atomic E-state index is 11.3. The smallest absolute Gasteiger partial charge is 0.336 e. The predicted molar refractivity (Wildman–Crippen MR) is 77.1 cm³/mol. The number of nitrogens with zero attached hydrogens (tertiary/aromatic N) is 3. The van der Waals surface area contributed by atoms with E-state index >= 15 is 0 Å². The fourth-order valence-electron chi connectivity index (χ4n) is 2.30. The van der Waals surface area contributed by atoms with E-state index in [1.165, 1.54) is 12.3 Å². The molecule has 1 N–H and O–H groups in total. The molecule has 2 heterocycles. The number of methoxy groups -OCH3 is 1. The first-order valence-electron chi connectivity index (χ1n) is 6.34. The third kappa shape index (κ3) is 2.10. The van der Waals surface area contributed by atoms with Crippen LogP contribution in [0, 0.1) is 6.92 Å². The van der Waals surface area contributed by atoms with E-state index in [9.17, 15) is 9.90 Å². The van der Waals surface area contributed by atoms with Crippen molar-refractivity contribution in [2.24, 2.45) is 0 Å². The van der Waals surface area contributed by atoms with Gasteiger partial charge in [0, 0.05) is 6.20 Å².